The third-order valence-corrected chi connectivity index (χ3v) is 6.78. The van der Waals surface area contributed by atoms with Crippen molar-refractivity contribution in [2.24, 2.45) is 12.8 Å². The monoisotopic (exact) mass is 468 g/mol. The summed E-state index contributed by atoms with van der Waals surface area (Å²) in [4.78, 5) is 4.71. The van der Waals surface area contributed by atoms with Crippen molar-refractivity contribution in [3.63, 3.8) is 0 Å². The molecule has 2 N–H and O–H groups in total. The normalized spacial score (nSPS) is 17.6. The zero-order valence-electron chi connectivity index (χ0n) is 20.5. The molecular weight excluding hydrogens is 436 g/mol. The van der Waals surface area contributed by atoms with Gasteiger partial charge in [0.15, 0.2) is 0 Å². The average molecular weight is 469 g/mol. The Labute approximate surface area is 206 Å². The first-order valence-electron chi connectivity index (χ1n) is 12.1. The van der Waals surface area contributed by atoms with Gasteiger partial charge in [0.05, 0.1) is 17.6 Å². The zero-order valence-corrected chi connectivity index (χ0v) is 20.5. The lowest BCUT2D eigenvalue weighted by Crippen LogP contribution is -2.43. The van der Waals surface area contributed by atoms with Gasteiger partial charge in [-0.3, -0.25) is 4.68 Å². The fraction of sp³-hybridized carbons (Fsp3) is 0.310. The topological polar surface area (TPSA) is 75.2 Å². The molecule has 0 unspecified atom stereocenters. The molecule has 5 rings (SSSR count). The van der Waals surface area contributed by atoms with Gasteiger partial charge in [0, 0.05) is 30.3 Å². The van der Waals surface area contributed by atoms with E-state index in [4.69, 9.17) is 20.2 Å². The second-order valence-electron chi connectivity index (χ2n) is 9.85. The third kappa shape index (κ3) is 5.23. The van der Waals surface area contributed by atoms with Gasteiger partial charge < -0.3 is 15.2 Å². The number of nitrogens with two attached hydrogens (primary N) is 1. The van der Waals surface area contributed by atoms with Crippen molar-refractivity contribution in [2.75, 3.05) is 0 Å². The minimum absolute atomic E-state index is 0.143. The summed E-state index contributed by atoms with van der Waals surface area (Å²) in [6.07, 6.45) is 5.90. The van der Waals surface area contributed by atoms with E-state index in [1.54, 1.807) is 4.68 Å². The summed E-state index contributed by atoms with van der Waals surface area (Å²) in [5.41, 5.74) is 10.9. The highest BCUT2D eigenvalue weighted by molar-refractivity contribution is 5.56. The molecule has 0 spiro atoms. The Bertz CT molecular complexity index is 1270. The lowest BCUT2D eigenvalue weighted by atomic mass is 9.78. The Balaban J connectivity index is 1.21. The molecule has 6 nitrogen and oxygen atoms in total. The molecule has 1 aliphatic rings. The van der Waals surface area contributed by atoms with Gasteiger partial charge in [-0.05, 0) is 60.4 Å². The van der Waals surface area contributed by atoms with Crippen LogP contribution in [0.5, 0.6) is 11.5 Å². The van der Waals surface area contributed by atoms with Gasteiger partial charge in [0.25, 0.3) is 0 Å². The van der Waals surface area contributed by atoms with Crippen LogP contribution in [0.25, 0.3) is 11.3 Å². The van der Waals surface area contributed by atoms with Crippen LogP contribution in [-0.4, -0.2) is 26.9 Å². The molecule has 2 aromatic carbocycles. The van der Waals surface area contributed by atoms with E-state index < -0.39 is 0 Å². The fourth-order valence-corrected chi connectivity index (χ4v) is 4.41. The molecule has 1 aliphatic carbocycles. The number of hydrogen-bond donors (Lipinski definition) is 1. The molecule has 4 aromatic rings. The van der Waals surface area contributed by atoms with E-state index >= 15 is 0 Å². The number of aromatic nitrogens is 3. The molecule has 0 amide bonds. The molecular formula is C29H32N4O2. The number of pyridine rings is 1. The first-order valence-corrected chi connectivity index (χ1v) is 12.1. The fourth-order valence-electron chi connectivity index (χ4n) is 4.41. The predicted octanol–water partition coefficient (Wildman–Crippen LogP) is 5.26. The van der Waals surface area contributed by atoms with Crippen molar-refractivity contribution in [3.8, 4) is 22.8 Å². The van der Waals surface area contributed by atoms with Crippen LogP contribution in [-0.2, 0) is 19.1 Å². The van der Waals surface area contributed by atoms with E-state index in [9.17, 15) is 0 Å². The van der Waals surface area contributed by atoms with Crippen LogP contribution in [0.1, 0.15) is 43.5 Å². The summed E-state index contributed by atoms with van der Waals surface area (Å²) in [6.45, 7) is 4.87. The molecule has 2 heterocycles. The first kappa shape index (κ1) is 23.1. The largest absolute Gasteiger partial charge is 0.490 e. The second-order valence-corrected chi connectivity index (χ2v) is 9.85. The maximum atomic E-state index is 6.03. The smallest absolute Gasteiger partial charge is 0.130 e. The number of rotatable bonds is 8. The Morgan fingerprint density at radius 2 is 1.60 bits per heavy atom. The molecule has 0 bridgehead atoms. The zero-order chi connectivity index (χ0) is 24.4. The van der Waals surface area contributed by atoms with E-state index in [2.05, 4.69) is 55.3 Å². The maximum Gasteiger partial charge on any atom is 0.130 e. The first-order chi connectivity index (χ1) is 16.9. The number of benzene rings is 2. The SMILES string of the molecule is Cn1cc(-c2cccc(COc3ccc(C(C)(C)c4ccc(O[C@H]5C[C@H](N)C5)cc4)cc3)n2)cn1. The van der Waals surface area contributed by atoms with Crippen LogP contribution in [0.3, 0.4) is 0 Å². The van der Waals surface area contributed by atoms with Gasteiger partial charge in [0.1, 0.15) is 24.2 Å². The molecule has 35 heavy (non-hydrogen) atoms. The quantitative estimate of drug-likeness (QED) is 0.382. The van der Waals surface area contributed by atoms with Crippen molar-refractivity contribution in [2.45, 2.75) is 50.9 Å². The van der Waals surface area contributed by atoms with Crippen LogP contribution in [0.2, 0.25) is 0 Å². The second kappa shape index (κ2) is 9.55. The summed E-state index contributed by atoms with van der Waals surface area (Å²) in [5.74, 6) is 1.73. The highest BCUT2D eigenvalue weighted by Gasteiger charge is 2.28. The number of aryl methyl sites for hydroxylation is 1. The maximum absolute atomic E-state index is 6.03. The van der Waals surface area contributed by atoms with Crippen LogP contribution in [0, 0.1) is 0 Å². The van der Waals surface area contributed by atoms with Crippen molar-refractivity contribution >= 4 is 0 Å². The summed E-state index contributed by atoms with van der Waals surface area (Å²) in [6, 6.07) is 23.0. The Kier molecular flexibility index (Phi) is 6.31. The van der Waals surface area contributed by atoms with Crippen molar-refractivity contribution < 1.29 is 9.47 Å². The van der Waals surface area contributed by atoms with Gasteiger partial charge in [-0.15, -0.1) is 0 Å². The van der Waals surface area contributed by atoms with E-state index in [1.807, 2.05) is 49.8 Å². The highest BCUT2D eigenvalue weighted by Crippen LogP contribution is 2.34. The summed E-state index contributed by atoms with van der Waals surface area (Å²) in [5, 5.41) is 4.22. The van der Waals surface area contributed by atoms with Crippen molar-refractivity contribution in [1.82, 2.24) is 14.8 Å². The minimum Gasteiger partial charge on any atom is -0.490 e. The molecule has 0 aliphatic heterocycles. The molecule has 0 saturated heterocycles. The van der Waals surface area contributed by atoms with Gasteiger partial charge >= 0.3 is 0 Å². The average Bonchev–Trinajstić information content (AvgIpc) is 3.29. The van der Waals surface area contributed by atoms with Gasteiger partial charge in [0.2, 0.25) is 0 Å². The Morgan fingerprint density at radius 1 is 0.943 bits per heavy atom. The summed E-state index contributed by atoms with van der Waals surface area (Å²) in [7, 11) is 1.90. The Hall–Kier alpha value is -3.64. The summed E-state index contributed by atoms with van der Waals surface area (Å²) >= 11 is 0. The molecule has 0 atom stereocenters. The number of nitrogens with zero attached hydrogens (tertiary/aromatic N) is 3. The van der Waals surface area contributed by atoms with Gasteiger partial charge in [-0.25, -0.2) is 4.98 Å². The van der Waals surface area contributed by atoms with E-state index in [0.717, 1.165) is 41.3 Å². The van der Waals surface area contributed by atoms with Crippen LogP contribution >= 0.6 is 0 Å². The van der Waals surface area contributed by atoms with Crippen LogP contribution < -0.4 is 15.2 Å². The molecule has 1 fully saturated rings. The van der Waals surface area contributed by atoms with Crippen molar-refractivity contribution in [1.29, 1.82) is 0 Å². The third-order valence-electron chi connectivity index (χ3n) is 6.78. The molecule has 6 heteroatoms. The van der Waals surface area contributed by atoms with Crippen molar-refractivity contribution in [3.05, 3.63) is 95.9 Å². The van der Waals surface area contributed by atoms with E-state index in [1.165, 1.54) is 11.1 Å². The standard InChI is InChI=1S/C29H32N4O2/c1-29(2,22-9-13-26(14-10-22)35-27-15-23(30)16-27)21-7-11-25(12-8-21)34-19-24-5-4-6-28(32-24)20-17-31-33(3)18-20/h4-14,17-18,23,27H,15-16,19,30H2,1-3H3/t23-,27-. The number of ether oxygens (including phenoxy) is 2. The van der Waals surface area contributed by atoms with E-state index in [-0.39, 0.29) is 11.5 Å². The predicted molar refractivity (Wildman–Crippen MR) is 137 cm³/mol. The Morgan fingerprint density at radius 3 is 2.20 bits per heavy atom. The van der Waals surface area contributed by atoms with Crippen LogP contribution in [0.4, 0.5) is 0 Å². The van der Waals surface area contributed by atoms with Crippen LogP contribution in [0.15, 0.2) is 79.1 Å². The highest BCUT2D eigenvalue weighted by atomic mass is 16.5. The minimum atomic E-state index is -0.143. The number of hydrogen-bond acceptors (Lipinski definition) is 5. The summed E-state index contributed by atoms with van der Waals surface area (Å²) < 4.78 is 13.8. The van der Waals surface area contributed by atoms with E-state index in [0.29, 0.717) is 12.6 Å². The molecule has 0 radical (unpaired) electrons. The lowest BCUT2D eigenvalue weighted by molar-refractivity contribution is 0.101. The lowest BCUT2D eigenvalue weighted by Gasteiger charge is -2.33. The van der Waals surface area contributed by atoms with Gasteiger partial charge in [-0.2, -0.15) is 5.10 Å². The molecule has 2 aromatic heterocycles. The molecule has 180 valence electrons. The van der Waals surface area contributed by atoms with Gasteiger partial charge in [-0.1, -0.05) is 44.2 Å². The molecule has 1 saturated carbocycles.